The standard InChI is InChI=1S/C18H16N2O4S/c1-18(2,3)24-17(23)19-14(13-9-6-10-25-13)20-15(21)11-7-4-5-8-12(11)16(20)22/h4-10H,1-3H3/b19-14-. The van der Waals surface area contributed by atoms with E-state index in [0.29, 0.717) is 16.0 Å². The van der Waals surface area contributed by atoms with Crippen molar-refractivity contribution in [1.29, 1.82) is 0 Å². The van der Waals surface area contributed by atoms with Crippen molar-refractivity contribution in [1.82, 2.24) is 4.90 Å². The molecule has 0 radical (unpaired) electrons. The number of carbonyl (C=O) groups is 3. The molecule has 128 valence electrons. The number of nitrogens with zero attached hydrogens (tertiary/aromatic N) is 2. The molecule has 0 saturated heterocycles. The fourth-order valence-electron chi connectivity index (χ4n) is 2.37. The summed E-state index contributed by atoms with van der Waals surface area (Å²) in [4.78, 5) is 42.9. The lowest BCUT2D eigenvalue weighted by molar-refractivity contribution is 0.0602. The van der Waals surface area contributed by atoms with Gasteiger partial charge in [-0.05, 0) is 44.4 Å². The van der Waals surface area contributed by atoms with Gasteiger partial charge in [0.05, 0.1) is 16.0 Å². The number of thiophene rings is 1. The third-order valence-electron chi connectivity index (χ3n) is 3.34. The Kier molecular flexibility index (Phi) is 4.26. The predicted molar refractivity (Wildman–Crippen MR) is 94.0 cm³/mol. The molecule has 0 spiro atoms. The molecular formula is C18H16N2O4S. The second-order valence-corrected chi connectivity index (χ2v) is 7.33. The number of amides is 3. The van der Waals surface area contributed by atoms with E-state index in [1.165, 1.54) is 11.3 Å². The van der Waals surface area contributed by atoms with E-state index in [2.05, 4.69) is 4.99 Å². The fraction of sp³-hybridized carbons (Fsp3) is 0.222. The number of hydrogen-bond acceptors (Lipinski definition) is 5. The van der Waals surface area contributed by atoms with Crippen LogP contribution in [0.25, 0.3) is 0 Å². The summed E-state index contributed by atoms with van der Waals surface area (Å²) < 4.78 is 5.20. The van der Waals surface area contributed by atoms with Crippen molar-refractivity contribution in [2.24, 2.45) is 4.99 Å². The molecule has 6 nitrogen and oxygen atoms in total. The molecule has 1 aromatic heterocycles. The van der Waals surface area contributed by atoms with Crippen molar-refractivity contribution in [3.05, 3.63) is 57.8 Å². The van der Waals surface area contributed by atoms with E-state index >= 15 is 0 Å². The minimum absolute atomic E-state index is 0.0181. The smallest absolute Gasteiger partial charge is 0.436 e. The highest BCUT2D eigenvalue weighted by atomic mass is 32.1. The van der Waals surface area contributed by atoms with Crippen LogP contribution in [-0.4, -0.2) is 34.2 Å². The number of imide groups is 1. The van der Waals surface area contributed by atoms with Crippen LogP contribution in [0.2, 0.25) is 0 Å². The van der Waals surface area contributed by atoms with Crippen LogP contribution in [0.15, 0.2) is 46.8 Å². The maximum absolute atomic E-state index is 12.7. The molecule has 25 heavy (non-hydrogen) atoms. The molecule has 1 aliphatic rings. The molecule has 1 aromatic carbocycles. The zero-order valence-electron chi connectivity index (χ0n) is 14.0. The Balaban J connectivity index is 2.04. The SMILES string of the molecule is CC(C)(C)OC(=O)/N=C(/c1cccs1)N1C(=O)c2ccccc2C1=O. The molecule has 7 heteroatoms. The Morgan fingerprint density at radius 3 is 2.12 bits per heavy atom. The first-order valence-electron chi connectivity index (χ1n) is 7.61. The van der Waals surface area contributed by atoms with Crippen LogP contribution in [-0.2, 0) is 4.74 Å². The van der Waals surface area contributed by atoms with Gasteiger partial charge in [-0.25, -0.2) is 9.69 Å². The molecule has 2 heterocycles. The first kappa shape index (κ1) is 17.0. The number of amidine groups is 1. The average Bonchev–Trinajstić information content (AvgIpc) is 3.13. The largest absolute Gasteiger partial charge is 0.442 e. The Bertz CT molecular complexity index is 844. The number of aliphatic imine (C=N–C) groups is 1. The van der Waals surface area contributed by atoms with Crippen molar-refractivity contribution in [3.63, 3.8) is 0 Å². The molecule has 0 unspecified atom stereocenters. The lowest BCUT2D eigenvalue weighted by atomic mass is 10.1. The quantitative estimate of drug-likeness (QED) is 0.443. The van der Waals surface area contributed by atoms with Gasteiger partial charge in [-0.1, -0.05) is 18.2 Å². The summed E-state index contributed by atoms with van der Waals surface area (Å²) in [7, 11) is 0. The minimum atomic E-state index is -0.854. The molecule has 0 N–H and O–H groups in total. The van der Waals surface area contributed by atoms with E-state index in [4.69, 9.17) is 4.74 Å². The number of rotatable bonds is 1. The molecule has 0 fully saturated rings. The van der Waals surface area contributed by atoms with Gasteiger partial charge in [0.25, 0.3) is 11.8 Å². The van der Waals surface area contributed by atoms with Gasteiger partial charge in [0.1, 0.15) is 5.60 Å². The maximum atomic E-state index is 12.7. The van der Waals surface area contributed by atoms with Crippen LogP contribution in [0.1, 0.15) is 46.4 Å². The Hall–Kier alpha value is -2.80. The van der Waals surface area contributed by atoms with E-state index in [1.54, 1.807) is 62.5 Å². The number of hydrogen-bond donors (Lipinski definition) is 0. The number of fused-ring (bicyclic) bond motifs is 1. The summed E-state index contributed by atoms with van der Waals surface area (Å²) >= 11 is 1.28. The third-order valence-corrected chi connectivity index (χ3v) is 4.20. The Morgan fingerprint density at radius 1 is 1.04 bits per heavy atom. The van der Waals surface area contributed by atoms with Crippen molar-refractivity contribution in [3.8, 4) is 0 Å². The lowest BCUT2D eigenvalue weighted by Crippen LogP contribution is -2.37. The molecular weight excluding hydrogens is 340 g/mol. The van der Waals surface area contributed by atoms with E-state index < -0.39 is 23.5 Å². The molecule has 2 aromatic rings. The zero-order valence-corrected chi connectivity index (χ0v) is 14.8. The van der Waals surface area contributed by atoms with Gasteiger partial charge >= 0.3 is 6.09 Å². The van der Waals surface area contributed by atoms with Gasteiger partial charge in [-0.2, -0.15) is 4.99 Å². The number of ether oxygens (including phenoxy) is 1. The first-order chi connectivity index (χ1) is 11.8. The molecule has 0 bridgehead atoms. The highest BCUT2D eigenvalue weighted by molar-refractivity contribution is 7.12. The fourth-order valence-corrected chi connectivity index (χ4v) is 3.08. The molecule has 0 saturated carbocycles. The van der Waals surface area contributed by atoms with Crippen molar-refractivity contribution < 1.29 is 19.1 Å². The second kappa shape index (κ2) is 6.25. The first-order valence-corrected chi connectivity index (χ1v) is 8.49. The van der Waals surface area contributed by atoms with Gasteiger partial charge < -0.3 is 4.74 Å². The highest BCUT2D eigenvalue weighted by Crippen LogP contribution is 2.26. The maximum Gasteiger partial charge on any atom is 0.436 e. The van der Waals surface area contributed by atoms with Crippen molar-refractivity contribution >= 4 is 35.1 Å². The zero-order chi connectivity index (χ0) is 18.2. The molecule has 0 aliphatic carbocycles. The van der Waals surface area contributed by atoms with Crippen LogP contribution in [0, 0.1) is 0 Å². The Morgan fingerprint density at radius 2 is 1.64 bits per heavy atom. The summed E-state index contributed by atoms with van der Waals surface area (Å²) in [6.45, 7) is 5.15. The van der Waals surface area contributed by atoms with Crippen LogP contribution in [0.3, 0.4) is 0 Å². The van der Waals surface area contributed by atoms with Crippen LogP contribution >= 0.6 is 11.3 Å². The summed E-state index contributed by atoms with van der Waals surface area (Å²) in [5.74, 6) is -1.02. The lowest BCUT2D eigenvalue weighted by Gasteiger charge is -2.19. The van der Waals surface area contributed by atoms with Gasteiger partial charge in [0, 0.05) is 0 Å². The third kappa shape index (κ3) is 3.36. The van der Waals surface area contributed by atoms with Crippen LogP contribution in [0.4, 0.5) is 4.79 Å². The van der Waals surface area contributed by atoms with E-state index in [1.807, 2.05) is 0 Å². The number of carbonyl (C=O) groups excluding carboxylic acids is 3. The highest BCUT2D eigenvalue weighted by Gasteiger charge is 2.39. The summed E-state index contributed by atoms with van der Waals surface area (Å²) in [6, 6.07) is 9.97. The minimum Gasteiger partial charge on any atom is -0.442 e. The monoisotopic (exact) mass is 356 g/mol. The molecule has 3 rings (SSSR count). The average molecular weight is 356 g/mol. The topological polar surface area (TPSA) is 76.0 Å². The number of benzene rings is 1. The normalized spacial score (nSPS) is 14.7. The van der Waals surface area contributed by atoms with Gasteiger partial charge in [0.15, 0.2) is 5.84 Å². The van der Waals surface area contributed by atoms with Crippen LogP contribution in [0.5, 0.6) is 0 Å². The van der Waals surface area contributed by atoms with E-state index in [0.717, 1.165) is 4.90 Å². The molecule has 3 amide bonds. The summed E-state index contributed by atoms with van der Waals surface area (Å²) in [6.07, 6.45) is -0.854. The molecule has 1 aliphatic heterocycles. The second-order valence-electron chi connectivity index (χ2n) is 6.38. The van der Waals surface area contributed by atoms with E-state index in [-0.39, 0.29) is 5.84 Å². The van der Waals surface area contributed by atoms with Crippen molar-refractivity contribution in [2.45, 2.75) is 26.4 Å². The summed E-state index contributed by atoms with van der Waals surface area (Å²) in [5, 5.41) is 1.78. The summed E-state index contributed by atoms with van der Waals surface area (Å²) in [5.41, 5.74) is -0.148. The van der Waals surface area contributed by atoms with Gasteiger partial charge in [-0.3, -0.25) is 9.59 Å². The van der Waals surface area contributed by atoms with Crippen molar-refractivity contribution in [2.75, 3.05) is 0 Å². The molecule has 0 atom stereocenters. The van der Waals surface area contributed by atoms with E-state index in [9.17, 15) is 14.4 Å². The van der Waals surface area contributed by atoms with Gasteiger partial charge in [0.2, 0.25) is 0 Å². The van der Waals surface area contributed by atoms with Gasteiger partial charge in [-0.15, -0.1) is 11.3 Å². The van der Waals surface area contributed by atoms with Crippen LogP contribution < -0.4 is 0 Å². The Labute approximate surface area is 148 Å². The predicted octanol–water partition coefficient (Wildman–Crippen LogP) is 3.73.